The standard InChI is InChI=1S/C20H26N2O2.C18H24N2O.Al.Li.4H/c1-4-24-20(23)18-11-8-12-19(15-18)22(14-13-21(2)3)16-17-9-6-5-7-10-17;1-19(2)11-12-20(14-16-7-4-3-5-8-16)18-10-6-9-17(13-18)15-21;;;;;;/h5-12,15H,4,13-14,16H2,1-3H3;3-10,13,21H,11-12,14-15H2,1-2H3;;;;;;/q;;;+1;;;;-1. The van der Waals surface area contributed by atoms with E-state index in [4.69, 9.17) is 4.74 Å². The number of carbonyl (C=O) groups is 1. The molecule has 0 unspecified atom stereocenters. The zero-order valence-electron chi connectivity index (χ0n) is 29.6. The summed E-state index contributed by atoms with van der Waals surface area (Å²) in [6.07, 6.45) is 0. The second kappa shape index (κ2) is 23.3. The van der Waals surface area contributed by atoms with E-state index in [0.717, 1.165) is 56.2 Å². The fourth-order valence-corrected chi connectivity index (χ4v) is 4.74. The summed E-state index contributed by atoms with van der Waals surface area (Å²) in [5, 5.41) is 9.32. The first kappa shape index (κ1) is 42.0. The van der Waals surface area contributed by atoms with Gasteiger partial charge in [0.05, 0.1) is 18.8 Å². The van der Waals surface area contributed by atoms with Crippen molar-refractivity contribution in [1.29, 1.82) is 0 Å². The number of nitrogens with zero attached hydrogens (tertiary/aromatic N) is 4. The van der Waals surface area contributed by atoms with Gasteiger partial charge in [0.15, 0.2) is 17.4 Å². The second-order valence-corrected chi connectivity index (χ2v) is 11.5. The van der Waals surface area contributed by atoms with E-state index < -0.39 is 0 Å². The Balaban J connectivity index is 0.000000873. The zero-order valence-corrected chi connectivity index (χ0v) is 28.6. The first-order valence-electron chi connectivity index (χ1n) is 15.6. The Morgan fingerprint density at radius 2 is 1.09 bits per heavy atom. The minimum Gasteiger partial charge on any atom is -1.00 e. The molecule has 9 heteroatoms. The number of hydrogen-bond donors (Lipinski definition) is 1. The van der Waals surface area contributed by atoms with Crippen molar-refractivity contribution in [2.75, 3.05) is 70.8 Å². The Bertz CT molecular complexity index is 1420. The first-order chi connectivity index (χ1) is 21.8. The van der Waals surface area contributed by atoms with E-state index >= 15 is 0 Å². The summed E-state index contributed by atoms with van der Waals surface area (Å²) in [6, 6.07) is 36.7. The molecule has 0 fully saturated rings. The molecule has 4 aromatic rings. The molecule has 0 bridgehead atoms. The third-order valence-corrected chi connectivity index (χ3v) is 7.25. The molecule has 0 aliphatic rings. The molecule has 47 heavy (non-hydrogen) atoms. The molecule has 0 spiro atoms. The number of benzene rings is 4. The molecule has 0 saturated heterocycles. The van der Waals surface area contributed by atoms with Crippen molar-refractivity contribution < 1.29 is 34.9 Å². The van der Waals surface area contributed by atoms with Gasteiger partial charge in [0.1, 0.15) is 0 Å². The van der Waals surface area contributed by atoms with E-state index in [1.807, 2.05) is 49.4 Å². The predicted octanol–water partition coefficient (Wildman–Crippen LogP) is 2.11. The quantitative estimate of drug-likeness (QED) is 0.157. The molecular weight excluding hydrogens is 594 g/mol. The zero-order chi connectivity index (χ0) is 32.4. The summed E-state index contributed by atoms with van der Waals surface area (Å²) in [4.78, 5) is 21.0. The van der Waals surface area contributed by atoms with Gasteiger partial charge in [0.25, 0.3) is 0 Å². The van der Waals surface area contributed by atoms with Crippen molar-refractivity contribution in [3.05, 3.63) is 131 Å². The van der Waals surface area contributed by atoms with Gasteiger partial charge >= 0.3 is 24.8 Å². The van der Waals surface area contributed by atoms with Crippen LogP contribution in [0.15, 0.2) is 109 Å². The Morgan fingerprint density at radius 1 is 0.638 bits per heavy atom. The monoisotopic (exact) mass is 648 g/mol. The molecule has 0 radical (unpaired) electrons. The molecule has 0 aromatic heterocycles. The van der Waals surface area contributed by atoms with Crippen LogP contribution in [0.4, 0.5) is 11.4 Å². The molecular formula is C38H54AlLiN4O3. The summed E-state index contributed by atoms with van der Waals surface area (Å²) < 4.78 is 5.11. The molecule has 4 aromatic carbocycles. The largest absolute Gasteiger partial charge is 1.00 e. The van der Waals surface area contributed by atoms with Crippen LogP contribution in [0.25, 0.3) is 0 Å². The van der Waals surface area contributed by atoms with Gasteiger partial charge in [-0.25, -0.2) is 4.79 Å². The van der Waals surface area contributed by atoms with Gasteiger partial charge in [0.2, 0.25) is 0 Å². The van der Waals surface area contributed by atoms with E-state index in [2.05, 4.69) is 108 Å². The van der Waals surface area contributed by atoms with Crippen LogP contribution in [0.2, 0.25) is 0 Å². The molecule has 1 N–H and O–H groups in total. The Labute approximate surface area is 306 Å². The smallest absolute Gasteiger partial charge is 1.00 e. The van der Waals surface area contributed by atoms with Gasteiger partial charge in [-0.15, -0.1) is 0 Å². The summed E-state index contributed by atoms with van der Waals surface area (Å²) in [5.74, 6) is -0.272. The maximum absolute atomic E-state index is 12.0. The third-order valence-electron chi connectivity index (χ3n) is 7.25. The number of likely N-dealkylation sites (N-methyl/N-ethyl adjacent to an activating group) is 2. The van der Waals surface area contributed by atoms with Crippen LogP contribution >= 0.6 is 0 Å². The number of anilines is 2. The molecule has 7 nitrogen and oxygen atoms in total. The molecule has 0 atom stereocenters. The number of esters is 1. The van der Waals surface area contributed by atoms with Crippen molar-refractivity contribution >= 4 is 34.7 Å². The van der Waals surface area contributed by atoms with E-state index in [1.54, 1.807) is 6.07 Å². The topological polar surface area (TPSA) is 59.5 Å². The molecule has 0 aliphatic carbocycles. The summed E-state index contributed by atoms with van der Waals surface area (Å²) in [7, 11) is 8.31. The van der Waals surface area contributed by atoms with Gasteiger partial charge < -0.3 is 30.9 Å². The maximum atomic E-state index is 12.0. The van der Waals surface area contributed by atoms with Crippen LogP contribution in [-0.2, 0) is 24.4 Å². The van der Waals surface area contributed by atoms with E-state index in [0.29, 0.717) is 12.2 Å². The molecule has 4 rings (SSSR count). The fourth-order valence-electron chi connectivity index (χ4n) is 4.74. The Kier molecular flexibility index (Phi) is 20.8. The van der Waals surface area contributed by atoms with E-state index in [1.165, 1.54) is 11.1 Å². The van der Waals surface area contributed by atoms with Crippen molar-refractivity contribution in [2.45, 2.75) is 26.6 Å². The second-order valence-electron chi connectivity index (χ2n) is 11.5. The minimum absolute atomic E-state index is 0. The Morgan fingerprint density at radius 3 is 1.53 bits per heavy atom. The first-order valence-corrected chi connectivity index (χ1v) is 15.6. The van der Waals surface area contributed by atoms with Crippen LogP contribution in [0.3, 0.4) is 0 Å². The minimum atomic E-state index is -0.272. The van der Waals surface area contributed by atoms with E-state index in [9.17, 15) is 9.90 Å². The van der Waals surface area contributed by atoms with Gasteiger partial charge in [0, 0.05) is 50.6 Å². The normalized spacial score (nSPS) is 10.3. The van der Waals surface area contributed by atoms with Crippen molar-refractivity contribution in [2.24, 2.45) is 0 Å². The summed E-state index contributed by atoms with van der Waals surface area (Å²) in [5.41, 5.74) is 6.29. The average Bonchev–Trinajstić information content (AvgIpc) is 3.06. The molecule has 248 valence electrons. The fraction of sp³-hybridized carbons (Fsp3) is 0.342. The van der Waals surface area contributed by atoms with Gasteiger partial charge in [-0.3, -0.25) is 0 Å². The van der Waals surface area contributed by atoms with Crippen LogP contribution < -0.4 is 28.7 Å². The number of ether oxygens (including phenoxy) is 1. The average molecular weight is 649 g/mol. The molecule has 0 amide bonds. The summed E-state index contributed by atoms with van der Waals surface area (Å²) >= 11 is 0. The van der Waals surface area contributed by atoms with Crippen LogP contribution in [-0.4, -0.2) is 99.2 Å². The molecule has 0 saturated carbocycles. The SMILES string of the molecule is CCOC(=O)c1cccc(N(CCN(C)C)Cc2ccccc2)c1.CN(C)CCN(Cc1ccccc1)c1cccc(CO)c1.[AlH3].[H-].[Li+]. The number of aliphatic hydroxyl groups excluding tert-OH is 1. The summed E-state index contributed by atoms with van der Waals surface area (Å²) in [6.45, 7) is 7.75. The number of hydrogen-bond acceptors (Lipinski definition) is 7. The van der Waals surface area contributed by atoms with Gasteiger partial charge in [-0.05, 0) is 82.1 Å². The molecule has 0 heterocycles. The third kappa shape index (κ3) is 15.6. The van der Waals surface area contributed by atoms with Crippen molar-refractivity contribution in [3.63, 3.8) is 0 Å². The number of rotatable bonds is 15. The maximum Gasteiger partial charge on any atom is 1.00 e. The number of aliphatic hydroxyl groups is 1. The van der Waals surface area contributed by atoms with Crippen LogP contribution in [0.5, 0.6) is 0 Å². The van der Waals surface area contributed by atoms with Crippen molar-refractivity contribution in [1.82, 2.24) is 9.80 Å². The molecule has 0 aliphatic heterocycles. The van der Waals surface area contributed by atoms with Gasteiger partial charge in [-0.1, -0.05) is 78.9 Å². The number of carbonyl (C=O) groups excluding carboxylic acids is 1. The van der Waals surface area contributed by atoms with Crippen LogP contribution in [0.1, 0.15) is 35.4 Å². The van der Waals surface area contributed by atoms with Crippen LogP contribution in [0, 0.1) is 0 Å². The van der Waals surface area contributed by atoms with E-state index in [-0.39, 0.29) is 50.2 Å². The van der Waals surface area contributed by atoms with Crippen molar-refractivity contribution in [3.8, 4) is 0 Å². The predicted molar refractivity (Wildman–Crippen MR) is 198 cm³/mol. The van der Waals surface area contributed by atoms with Gasteiger partial charge in [-0.2, -0.15) is 0 Å². The Hall–Kier alpha value is -3.04.